The first-order valence-corrected chi connectivity index (χ1v) is 10.7. The molecule has 0 saturated carbocycles. The third-order valence-corrected chi connectivity index (χ3v) is 5.85. The number of thioether (sulfide) groups is 1. The van der Waals surface area contributed by atoms with Crippen LogP contribution in [-0.2, 0) is 17.0 Å². The molecule has 0 spiro atoms. The van der Waals surface area contributed by atoms with E-state index in [1.54, 1.807) is 44.4 Å². The van der Waals surface area contributed by atoms with E-state index in [0.717, 1.165) is 5.52 Å². The lowest BCUT2D eigenvalue weighted by molar-refractivity contribution is 0.0526. The normalized spacial score (nSPS) is 11.2. The van der Waals surface area contributed by atoms with Crippen molar-refractivity contribution in [1.29, 1.82) is 0 Å². The summed E-state index contributed by atoms with van der Waals surface area (Å²) in [5.41, 5.74) is 2.15. The molecule has 5 nitrogen and oxygen atoms in total. The van der Waals surface area contributed by atoms with Crippen LogP contribution in [0.3, 0.4) is 0 Å². The summed E-state index contributed by atoms with van der Waals surface area (Å²) in [5.74, 6) is -0.780. The Labute approximate surface area is 182 Å². The molecule has 2 aromatic heterocycles. The Bertz CT molecular complexity index is 1240. The fourth-order valence-corrected chi connectivity index (χ4v) is 4.27. The number of aromatic nitrogens is 2. The number of imidazole rings is 1. The van der Waals surface area contributed by atoms with Gasteiger partial charge in [-0.05, 0) is 55.8 Å². The molecule has 0 saturated heterocycles. The lowest BCUT2D eigenvalue weighted by Gasteiger charge is -2.09. The molecule has 2 aromatic carbocycles. The van der Waals surface area contributed by atoms with Gasteiger partial charge in [0.15, 0.2) is 5.16 Å². The minimum Gasteiger partial charge on any atom is -0.467 e. The smallest absolute Gasteiger partial charge is 0.338 e. The first-order chi connectivity index (χ1) is 15.0. The predicted molar refractivity (Wildman–Crippen MR) is 114 cm³/mol. The molecule has 0 aliphatic carbocycles. The van der Waals surface area contributed by atoms with Crippen LogP contribution in [0.4, 0.5) is 8.78 Å². The minimum absolute atomic E-state index is 0.00816. The maximum absolute atomic E-state index is 14.4. The van der Waals surface area contributed by atoms with Gasteiger partial charge in [-0.3, -0.25) is 0 Å². The van der Waals surface area contributed by atoms with Crippen molar-refractivity contribution in [3.05, 3.63) is 82.8 Å². The summed E-state index contributed by atoms with van der Waals surface area (Å²) in [6.07, 6.45) is 1.58. The topological polar surface area (TPSA) is 57.3 Å². The van der Waals surface area contributed by atoms with Crippen molar-refractivity contribution in [3.63, 3.8) is 0 Å². The molecule has 0 unspecified atom stereocenters. The van der Waals surface area contributed by atoms with E-state index in [1.165, 1.54) is 23.9 Å². The van der Waals surface area contributed by atoms with Crippen LogP contribution in [0.25, 0.3) is 11.0 Å². The molecule has 0 radical (unpaired) electrons. The molecule has 8 heteroatoms. The second kappa shape index (κ2) is 8.93. The summed E-state index contributed by atoms with van der Waals surface area (Å²) >= 11 is 1.22. The van der Waals surface area contributed by atoms with E-state index in [1.807, 2.05) is 10.6 Å². The minimum atomic E-state index is -0.589. The Morgan fingerprint density at radius 1 is 1.23 bits per heavy atom. The first kappa shape index (κ1) is 21.1. The van der Waals surface area contributed by atoms with Crippen LogP contribution in [0.1, 0.15) is 34.2 Å². The van der Waals surface area contributed by atoms with Crippen molar-refractivity contribution in [2.24, 2.45) is 0 Å². The van der Waals surface area contributed by atoms with Crippen LogP contribution in [0.15, 0.2) is 58.3 Å². The molecule has 0 bridgehead atoms. The van der Waals surface area contributed by atoms with Crippen LogP contribution in [0.2, 0.25) is 0 Å². The summed E-state index contributed by atoms with van der Waals surface area (Å²) in [7, 11) is 0. The quantitative estimate of drug-likeness (QED) is 0.270. The highest BCUT2D eigenvalue weighted by atomic mass is 32.2. The molecule has 2 heterocycles. The number of carbonyl (C=O) groups is 1. The zero-order chi connectivity index (χ0) is 22.0. The van der Waals surface area contributed by atoms with Crippen LogP contribution >= 0.6 is 11.8 Å². The van der Waals surface area contributed by atoms with Gasteiger partial charge in [0, 0.05) is 11.3 Å². The Kier molecular flexibility index (Phi) is 6.08. The molecular weight excluding hydrogens is 422 g/mol. The number of nitrogens with zero attached hydrogens (tertiary/aromatic N) is 2. The molecule has 0 aliphatic heterocycles. The number of halogens is 2. The van der Waals surface area contributed by atoms with Crippen LogP contribution in [0, 0.1) is 18.6 Å². The summed E-state index contributed by atoms with van der Waals surface area (Å²) in [6.45, 7) is 4.01. The molecule has 0 fully saturated rings. The molecule has 4 aromatic rings. The van der Waals surface area contributed by atoms with Crippen LogP contribution < -0.4 is 0 Å². The summed E-state index contributed by atoms with van der Waals surface area (Å²) in [5, 5.41) is 0.563. The highest BCUT2D eigenvalue weighted by molar-refractivity contribution is 7.98. The summed E-state index contributed by atoms with van der Waals surface area (Å²) < 4.78 is 41.1. The number of esters is 1. The number of carbonyl (C=O) groups excluding carboxylic acids is 1. The number of hydrogen-bond donors (Lipinski definition) is 0. The lowest BCUT2D eigenvalue weighted by atomic mass is 10.1. The largest absolute Gasteiger partial charge is 0.467 e. The molecule has 0 N–H and O–H groups in total. The van der Waals surface area contributed by atoms with Gasteiger partial charge >= 0.3 is 5.97 Å². The number of furan rings is 1. The Hall–Kier alpha value is -3.13. The standard InChI is InChI=1S/C23H20F2N2O3S/c1-3-29-22(28)15-7-9-20-19(11-15)26-23(27(20)12-16-5-4-10-30-16)31-13-17-18(24)8-6-14(2)21(17)25/h4-11H,3,12-13H2,1-2H3. The number of fused-ring (bicyclic) bond motifs is 1. The van der Waals surface area contributed by atoms with Crippen molar-refractivity contribution in [1.82, 2.24) is 9.55 Å². The predicted octanol–water partition coefficient (Wildman–Crippen LogP) is 5.73. The molecule has 4 rings (SSSR count). The summed E-state index contributed by atoms with van der Waals surface area (Å²) in [6, 6.07) is 11.4. The SMILES string of the molecule is CCOC(=O)c1ccc2c(c1)nc(SCc1c(F)ccc(C)c1F)n2Cc1ccco1. The number of benzene rings is 2. The van der Waals surface area contributed by atoms with Gasteiger partial charge in [-0.1, -0.05) is 17.8 Å². The van der Waals surface area contributed by atoms with Crippen LogP contribution in [-0.4, -0.2) is 22.1 Å². The van der Waals surface area contributed by atoms with Gasteiger partial charge in [-0.15, -0.1) is 0 Å². The van der Waals surface area contributed by atoms with Gasteiger partial charge in [0.1, 0.15) is 17.4 Å². The third-order valence-electron chi connectivity index (χ3n) is 4.84. The number of ether oxygens (including phenoxy) is 1. The van der Waals surface area contributed by atoms with Gasteiger partial charge in [0.25, 0.3) is 0 Å². The molecule has 0 amide bonds. The monoisotopic (exact) mass is 442 g/mol. The first-order valence-electron chi connectivity index (χ1n) is 9.74. The van der Waals surface area contributed by atoms with Gasteiger partial charge in [0.05, 0.1) is 36.0 Å². The van der Waals surface area contributed by atoms with Crippen LogP contribution in [0.5, 0.6) is 0 Å². The molecule has 0 aliphatic rings. The number of hydrogen-bond acceptors (Lipinski definition) is 5. The van der Waals surface area contributed by atoms with Gasteiger partial charge in [0.2, 0.25) is 0 Å². The van der Waals surface area contributed by atoms with Crippen molar-refractivity contribution in [3.8, 4) is 0 Å². The third kappa shape index (κ3) is 4.34. The average molecular weight is 442 g/mol. The highest BCUT2D eigenvalue weighted by Crippen LogP contribution is 2.30. The second-order valence-electron chi connectivity index (χ2n) is 6.93. The molecule has 160 valence electrons. The Morgan fingerprint density at radius 3 is 2.81 bits per heavy atom. The molecular formula is C23H20F2N2O3S. The highest BCUT2D eigenvalue weighted by Gasteiger charge is 2.18. The second-order valence-corrected chi connectivity index (χ2v) is 7.87. The van der Waals surface area contributed by atoms with E-state index in [4.69, 9.17) is 9.15 Å². The van der Waals surface area contributed by atoms with E-state index >= 15 is 0 Å². The zero-order valence-corrected chi connectivity index (χ0v) is 17.8. The fourth-order valence-electron chi connectivity index (χ4n) is 3.25. The van der Waals surface area contributed by atoms with Crippen molar-refractivity contribution in [2.45, 2.75) is 31.3 Å². The van der Waals surface area contributed by atoms with E-state index in [-0.39, 0.29) is 17.9 Å². The average Bonchev–Trinajstić information content (AvgIpc) is 3.39. The zero-order valence-electron chi connectivity index (χ0n) is 17.0. The lowest BCUT2D eigenvalue weighted by Crippen LogP contribution is -2.04. The Morgan fingerprint density at radius 2 is 2.06 bits per heavy atom. The molecule has 0 atom stereocenters. The fraction of sp³-hybridized carbons (Fsp3) is 0.217. The van der Waals surface area contributed by atoms with E-state index in [2.05, 4.69) is 4.98 Å². The van der Waals surface area contributed by atoms with Gasteiger partial charge in [-0.25, -0.2) is 18.6 Å². The van der Waals surface area contributed by atoms with E-state index < -0.39 is 17.6 Å². The van der Waals surface area contributed by atoms with Gasteiger partial charge in [-0.2, -0.15) is 0 Å². The molecule has 31 heavy (non-hydrogen) atoms. The maximum Gasteiger partial charge on any atom is 0.338 e. The van der Waals surface area contributed by atoms with Gasteiger partial charge < -0.3 is 13.7 Å². The van der Waals surface area contributed by atoms with Crippen molar-refractivity contribution >= 4 is 28.8 Å². The maximum atomic E-state index is 14.4. The number of rotatable bonds is 7. The van der Waals surface area contributed by atoms with E-state index in [0.29, 0.717) is 34.1 Å². The Balaban J connectivity index is 1.72. The van der Waals surface area contributed by atoms with E-state index in [9.17, 15) is 13.6 Å². The number of aryl methyl sites for hydroxylation is 1. The summed E-state index contributed by atoms with van der Waals surface area (Å²) in [4.78, 5) is 16.7. The van der Waals surface area contributed by atoms with Crippen molar-refractivity contribution < 1.29 is 22.7 Å². The van der Waals surface area contributed by atoms with Crippen molar-refractivity contribution in [2.75, 3.05) is 6.61 Å².